The van der Waals surface area contributed by atoms with Crippen molar-refractivity contribution in [2.45, 2.75) is 13.0 Å². The molecule has 0 N–H and O–H groups in total. The van der Waals surface area contributed by atoms with Gasteiger partial charge in [0.25, 0.3) is 6.43 Å². The lowest BCUT2D eigenvalue weighted by molar-refractivity contribution is 0.115. The van der Waals surface area contributed by atoms with Crippen molar-refractivity contribution in [1.82, 2.24) is 20.2 Å². The standard InChI is InChI=1S/C11H12F2N4O2/c1-18-8-4-3-7(5-9(8)19-2)11-14-16-17(15-11)6-10(12)13/h3-5,10H,6H2,1-2H3. The number of benzene rings is 1. The maximum absolute atomic E-state index is 12.2. The molecule has 0 radical (unpaired) electrons. The van der Waals surface area contributed by atoms with Crippen LogP contribution in [-0.2, 0) is 6.54 Å². The Morgan fingerprint density at radius 3 is 2.58 bits per heavy atom. The van der Waals surface area contributed by atoms with Crippen LogP contribution >= 0.6 is 0 Å². The van der Waals surface area contributed by atoms with Gasteiger partial charge in [-0.15, -0.1) is 10.2 Å². The average Bonchev–Trinajstić information content (AvgIpc) is 2.85. The zero-order chi connectivity index (χ0) is 13.8. The fourth-order valence-corrected chi connectivity index (χ4v) is 1.53. The molecule has 2 aromatic rings. The second-order valence-electron chi connectivity index (χ2n) is 3.63. The van der Waals surface area contributed by atoms with Gasteiger partial charge in [-0.25, -0.2) is 8.78 Å². The predicted octanol–water partition coefficient (Wildman–Crippen LogP) is 1.62. The summed E-state index contributed by atoms with van der Waals surface area (Å²) in [5.74, 6) is 1.32. The molecule has 1 aromatic carbocycles. The molecule has 0 spiro atoms. The van der Waals surface area contributed by atoms with Crippen molar-refractivity contribution in [1.29, 1.82) is 0 Å². The summed E-state index contributed by atoms with van der Waals surface area (Å²) in [5, 5.41) is 11.1. The first kappa shape index (κ1) is 13.2. The first-order chi connectivity index (χ1) is 9.13. The minimum atomic E-state index is -2.52. The van der Waals surface area contributed by atoms with Crippen molar-refractivity contribution in [3.05, 3.63) is 18.2 Å². The molecule has 1 heterocycles. The van der Waals surface area contributed by atoms with Crippen molar-refractivity contribution in [2.75, 3.05) is 14.2 Å². The molecule has 0 saturated carbocycles. The summed E-state index contributed by atoms with van der Waals surface area (Å²) in [6.45, 7) is -0.583. The van der Waals surface area contributed by atoms with Gasteiger partial charge in [-0.1, -0.05) is 0 Å². The second-order valence-corrected chi connectivity index (χ2v) is 3.63. The van der Waals surface area contributed by atoms with E-state index in [1.165, 1.54) is 14.2 Å². The Bertz CT molecular complexity index is 559. The van der Waals surface area contributed by atoms with Crippen LogP contribution in [0.3, 0.4) is 0 Å². The smallest absolute Gasteiger partial charge is 0.259 e. The third kappa shape index (κ3) is 2.95. The number of alkyl halides is 2. The number of ether oxygens (including phenoxy) is 2. The molecule has 0 aliphatic rings. The highest BCUT2D eigenvalue weighted by molar-refractivity contribution is 5.60. The van der Waals surface area contributed by atoms with Gasteiger partial charge in [0, 0.05) is 5.56 Å². The van der Waals surface area contributed by atoms with Crippen LogP contribution in [0.25, 0.3) is 11.4 Å². The molecule has 0 amide bonds. The Balaban J connectivity index is 2.28. The molecule has 0 unspecified atom stereocenters. The van der Waals surface area contributed by atoms with Crippen LogP contribution in [0.5, 0.6) is 11.5 Å². The third-order valence-corrected chi connectivity index (χ3v) is 2.40. The van der Waals surface area contributed by atoms with Crippen LogP contribution in [0, 0.1) is 0 Å². The quantitative estimate of drug-likeness (QED) is 0.826. The maximum Gasteiger partial charge on any atom is 0.259 e. The van der Waals surface area contributed by atoms with E-state index in [1.807, 2.05) is 0 Å². The van der Waals surface area contributed by atoms with Gasteiger partial charge < -0.3 is 9.47 Å². The first-order valence-corrected chi connectivity index (χ1v) is 5.42. The number of halogens is 2. The SMILES string of the molecule is COc1ccc(-c2nnn(CC(F)F)n2)cc1OC. The van der Waals surface area contributed by atoms with Crippen LogP contribution in [0.15, 0.2) is 18.2 Å². The molecular formula is C11H12F2N4O2. The zero-order valence-corrected chi connectivity index (χ0v) is 10.4. The predicted molar refractivity (Wildman–Crippen MR) is 62.4 cm³/mol. The summed E-state index contributed by atoms with van der Waals surface area (Å²) in [6.07, 6.45) is -2.52. The number of nitrogens with zero attached hydrogens (tertiary/aromatic N) is 4. The maximum atomic E-state index is 12.2. The number of hydrogen-bond acceptors (Lipinski definition) is 5. The van der Waals surface area contributed by atoms with Crippen molar-refractivity contribution in [2.24, 2.45) is 0 Å². The monoisotopic (exact) mass is 270 g/mol. The molecule has 0 atom stereocenters. The summed E-state index contributed by atoms with van der Waals surface area (Å²) in [6, 6.07) is 5.04. The normalized spacial score (nSPS) is 10.8. The van der Waals surface area contributed by atoms with E-state index in [9.17, 15) is 8.78 Å². The van der Waals surface area contributed by atoms with Gasteiger partial charge in [0.1, 0.15) is 6.54 Å². The molecule has 1 aromatic heterocycles. The van der Waals surface area contributed by atoms with Gasteiger partial charge in [0.2, 0.25) is 5.82 Å². The minimum absolute atomic E-state index is 0.251. The number of hydrogen-bond donors (Lipinski definition) is 0. The van der Waals surface area contributed by atoms with Gasteiger partial charge in [-0.3, -0.25) is 0 Å². The van der Waals surface area contributed by atoms with E-state index in [1.54, 1.807) is 18.2 Å². The number of aromatic nitrogens is 4. The largest absolute Gasteiger partial charge is 0.493 e. The highest BCUT2D eigenvalue weighted by atomic mass is 19.3. The molecule has 0 bridgehead atoms. The van der Waals surface area contributed by atoms with Crippen LogP contribution in [0.2, 0.25) is 0 Å². The molecule has 0 fully saturated rings. The van der Waals surface area contributed by atoms with Gasteiger partial charge in [0.15, 0.2) is 11.5 Å². The summed E-state index contributed by atoms with van der Waals surface area (Å²) in [5.41, 5.74) is 0.609. The van der Waals surface area contributed by atoms with E-state index < -0.39 is 13.0 Å². The molecule has 19 heavy (non-hydrogen) atoms. The lowest BCUT2D eigenvalue weighted by Gasteiger charge is -2.07. The minimum Gasteiger partial charge on any atom is -0.493 e. The Morgan fingerprint density at radius 1 is 1.21 bits per heavy atom. The lowest BCUT2D eigenvalue weighted by atomic mass is 10.2. The van der Waals surface area contributed by atoms with Crippen molar-refractivity contribution in [3.63, 3.8) is 0 Å². The van der Waals surface area contributed by atoms with Crippen LogP contribution in [0.4, 0.5) is 8.78 Å². The molecule has 8 heteroatoms. The van der Waals surface area contributed by atoms with E-state index in [2.05, 4.69) is 15.4 Å². The molecule has 0 saturated heterocycles. The highest BCUT2D eigenvalue weighted by Gasteiger charge is 2.12. The average molecular weight is 270 g/mol. The van der Waals surface area contributed by atoms with Crippen LogP contribution < -0.4 is 9.47 Å². The third-order valence-electron chi connectivity index (χ3n) is 2.40. The number of tetrazole rings is 1. The van der Waals surface area contributed by atoms with Crippen molar-refractivity contribution in [3.8, 4) is 22.9 Å². The van der Waals surface area contributed by atoms with Gasteiger partial charge >= 0.3 is 0 Å². The second kappa shape index (κ2) is 5.59. The van der Waals surface area contributed by atoms with E-state index in [0.29, 0.717) is 17.1 Å². The molecule has 2 rings (SSSR count). The lowest BCUT2D eigenvalue weighted by Crippen LogP contribution is -2.09. The summed E-state index contributed by atoms with van der Waals surface area (Å²) < 4.78 is 34.6. The molecule has 102 valence electrons. The first-order valence-electron chi connectivity index (χ1n) is 5.42. The fraction of sp³-hybridized carbons (Fsp3) is 0.364. The van der Waals surface area contributed by atoms with Crippen LogP contribution in [0.1, 0.15) is 0 Å². The Hall–Kier alpha value is -2.25. The summed E-state index contributed by atoms with van der Waals surface area (Å²) >= 11 is 0. The Kier molecular flexibility index (Phi) is 3.88. The van der Waals surface area contributed by atoms with E-state index in [4.69, 9.17) is 9.47 Å². The Morgan fingerprint density at radius 2 is 1.95 bits per heavy atom. The number of rotatable bonds is 5. The molecular weight excluding hydrogens is 258 g/mol. The number of methoxy groups -OCH3 is 2. The molecule has 6 nitrogen and oxygen atoms in total. The van der Waals surface area contributed by atoms with Gasteiger partial charge in [0.05, 0.1) is 14.2 Å². The zero-order valence-electron chi connectivity index (χ0n) is 10.4. The molecule has 0 aliphatic carbocycles. The van der Waals surface area contributed by atoms with Crippen molar-refractivity contribution < 1.29 is 18.3 Å². The van der Waals surface area contributed by atoms with Crippen molar-refractivity contribution >= 4 is 0 Å². The van der Waals surface area contributed by atoms with E-state index in [0.717, 1.165) is 4.80 Å². The van der Waals surface area contributed by atoms with Gasteiger partial charge in [-0.05, 0) is 23.4 Å². The molecule has 0 aliphatic heterocycles. The summed E-state index contributed by atoms with van der Waals surface area (Å²) in [4.78, 5) is 0.858. The van der Waals surface area contributed by atoms with E-state index in [-0.39, 0.29) is 5.82 Å². The highest BCUT2D eigenvalue weighted by Crippen LogP contribution is 2.30. The fourth-order valence-electron chi connectivity index (χ4n) is 1.53. The summed E-state index contributed by atoms with van der Waals surface area (Å²) in [7, 11) is 3.03. The van der Waals surface area contributed by atoms with Gasteiger partial charge in [-0.2, -0.15) is 4.80 Å². The van der Waals surface area contributed by atoms with E-state index >= 15 is 0 Å². The van der Waals surface area contributed by atoms with Crippen LogP contribution in [-0.4, -0.2) is 40.9 Å². The topological polar surface area (TPSA) is 62.1 Å². The Labute approximate surface area is 107 Å².